The zero-order valence-electron chi connectivity index (χ0n) is 18.8. The molecule has 0 heterocycles. The van der Waals surface area contributed by atoms with Gasteiger partial charge in [-0.15, -0.1) is 0 Å². The maximum atomic E-state index is 12.1. The van der Waals surface area contributed by atoms with Gasteiger partial charge in [-0.3, -0.25) is 14.2 Å². The van der Waals surface area contributed by atoms with Crippen LogP contribution in [0.2, 0.25) is 0 Å². The smallest absolute Gasteiger partial charge is 0.333 e. The number of nitrogens with one attached hydrogen (secondary N) is 1. The predicted octanol–water partition coefficient (Wildman–Crippen LogP) is 5.36. The number of rotatable bonds is 19. The van der Waals surface area contributed by atoms with Crippen LogP contribution in [0.25, 0.3) is 0 Å². The van der Waals surface area contributed by atoms with E-state index in [1.165, 1.54) is 64.2 Å². The van der Waals surface area contributed by atoms with Crippen LogP contribution in [0.15, 0.2) is 0 Å². The molecule has 0 aliphatic rings. The van der Waals surface area contributed by atoms with Crippen molar-refractivity contribution in [2.45, 2.75) is 117 Å². The third-order valence-electron chi connectivity index (χ3n) is 5.20. The molecule has 1 atom stereocenters. The summed E-state index contributed by atoms with van der Waals surface area (Å²) in [4.78, 5) is 42.0. The monoisotopic (exact) mass is 433 g/mol. The van der Waals surface area contributed by atoms with Gasteiger partial charge < -0.3 is 15.1 Å². The molecule has 0 aliphatic heterocycles. The minimum Gasteiger partial charge on any atom is -0.346 e. The average Bonchev–Trinajstić information content (AvgIpc) is 2.61. The van der Waals surface area contributed by atoms with E-state index in [2.05, 4.69) is 12.2 Å². The minimum absolute atomic E-state index is 0.204. The second-order valence-corrected chi connectivity index (χ2v) is 10.2. The van der Waals surface area contributed by atoms with Gasteiger partial charge in [-0.25, -0.2) is 0 Å². The Hall–Kier alpha value is -0.710. The van der Waals surface area contributed by atoms with Crippen molar-refractivity contribution in [1.29, 1.82) is 0 Å². The van der Waals surface area contributed by atoms with Crippen LogP contribution in [0.1, 0.15) is 111 Å². The molecule has 0 bridgehead atoms. The van der Waals surface area contributed by atoms with Crippen LogP contribution in [-0.2, 0) is 14.2 Å². The topological polar surface area (TPSA) is 104 Å². The van der Waals surface area contributed by atoms with E-state index in [4.69, 9.17) is 9.79 Å². The molecular weight excluding hydrogens is 389 g/mol. The van der Waals surface area contributed by atoms with E-state index in [0.717, 1.165) is 19.3 Å². The SMILES string of the molecule is CCCCCCCCCCCCCCCC(=O)N[C@H](C(=O)CP(=O)(O)O)C(C)C. The van der Waals surface area contributed by atoms with Crippen molar-refractivity contribution in [3.05, 3.63) is 0 Å². The van der Waals surface area contributed by atoms with E-state index in [1.54, 1.807) is 13.8 Å². The van der Waals surface area contributed by atoms with E-state index in [9.17, 15) is 14.2 Å². The number of carbonyl (C=O) groups excluding carboxylic acids is 2. The van der Waals surface area contributed by atoms with Crippen LogP contribution >= 0.6 is 7.60 Å². The van der Waals surface area contributed by atoms with Gasteiger partial charge in [0, 0.05) is 6.42 Å². The number of amides is 1. The highest BCUT2D eigenvalue weighted by Gasteiger charge is 2.29. The van der Waals surface area contributed by atoms with Crippen molar-refractivity contribution < 1.29 is 23.9 Å². The minimum atomic E-state index is -4.41. The summed E-state index contributed by atoms with van der Waals surface area (Å²) in [7, 11) is -4.41. The molecule has 0 saturated heterocycles. The predicted molar refractivity (Wildman–Crippen MR) is 119 cm³/mol. The standard InChI is InChI=1S/C22H44NO5P/c1-4-5-6-7-8-9-10-11-12-13-14-15-16-17-21(25)23-22(19(2)3)20(24)18-29(26,27)28/h19,22H,4-18H2,1-3H3,(H,23,25)(H2,26,27,28)/t22-/m0/s1. The number of Topliss-reactive ketones (excluding diaryl/α,β-unsaturated/α-hetero) is 1. The van der Waals surface area contributed by atoms with E-state index >= 15 is 0 Å². The molecule has 7 heteroatoms. The van der Waals surface area contributed by atoms with E-state index in [0.29, 0.717) is 6.42 Å². The summed E-state index contributed by atoms with van der Waals surface area (Å²) >= 11 is 0. The van der Waals surface area contributed by atoms with Gasteiger partial charge in [0.05, 0.1) is 6.04 Å². The zero-order chi connectivity index (χ0) is 22.1. The van der Waals surface area contributed by atoms with Gasteiger partial charge in [0.25, 0.3) is 0 Å². The molecule has 0 unspecified atom stereocenters. The first-order valence-corrected chi connectivity index (χ1v) is 13.3. The summed E-state index contributed by atoms with van der Waals surface area (Å²) in [6.07, 6.45) is 15.6. The summed E-state index contributed by atoms with van der Waals surface area (Å²) in [5, 5.41) is 2.65. The van der Waals surface area contributed by atoms with E-state index < -0.39 is 25.6 Å². The summed E-state index contributed by atoms with van der Waals surface area (Å²) in [6, 6.07) is -0.836. The van der Waals surface area contributed by atoms with Gasteiger partial charge in [-0.2, -0.15) is 0 Å². The van der Waals surface area contributed by atoms with Crippen molar-refractivity contribution in [3.63, 3.8) is 0 Å². The molecule has 0 aromatic carbocycles. The van der Waals surface area contributed by atoms with Gasteiger partial charge in [0.15, 0.2) is 5.78 Å². The van der Waals surface area contributed by atoms with Crippen LogP contribution < -0.4 is 5.32 Å². The average molecular weight is 434 g/mol. The van der Waals surface area contributed by atoms with Crippen LogP contribution in [0.4, 0.5) is 0 Å². The van der Waals surface area contributed by atoms with Gasteiger partial charge in [-0.1, -0.05) is 97.8 Å². The number of unbranched alkanes of at least 4 members (excludes halogenated alkanes) is 12. The Kier molecular flexibility index (Phi) is 16.6. The fourth-order valence-corrected chi connectivity index (χ4v) is 4.07. The summed E-state index contributed by atoms with van der Waals surface area (Å²) in [5.41, 5.74) is 0. The molecule has 29 heavy (non-hydrogen) atoms. The maximum absolute atomic E-state index is 12.1. The molecule has 0 aliphatic carbocycles. The van der Waals surface area contributed by atoms with Crippen molar-refractivity contribution in [3.8, 4) is 0 Å². The lowest BCUT2D eigenvalue weighted by Crippen LogP contribution is -2.45. The number of carbonyl (C=O) groups is 2. The van der Waals surface area contributed by atoms with Gasteiger partial charge in [0.2, 0.25) is 5.91 Å². The zero-order valence-corrected chi connectivity index (χ0v) is 19.7. The Morgan fingerprint density at radius 1 is 0.793 bits per heavy atom. The van der Waals surface area contributed by atoms with Crippen molar-refractivity contribution in [2.75, 3.05) is 6.16 Å². The van der Waals surface area contributed by atoms with Crippen LogP contribution in [0.3, 0.4) is 0 Å². The fourth-order valence-electron chi connectivity index (χ4n) is 3.47. The second kappa shape index (κ2) is 17.0. The van der Waals surface area contributed by atoms with Gasteiger partial charge in [0.1, 0.15) is 6.16 Å². The van der Waals surface area contributed by atoms with Crippen LogP contribution in [0.5, 0.6) is 0 Å². The maximum Gasteiger partial charge on any atom is 0.333 e. The molecule has 172 valence electrons. The Balaban J connectivity index is 3.74. The highest BCUT2D eigenvalue weighted by Crippen LogP contribution is 2.34. The molecular formula is C22H44NO5P. The largest absolute Gasteiger partial charge is 0.346 e. The highest BCUT2D eigenvalue weighted by molar-refractivity contribution is 7.52. The Labute approximate surface area is 177 Å². The molecule has 0 radical (unpaired) electrons. The summed E-state index contributed by atoms with van der Waals surface area (Å²) < 4.78 is 11.0. The second-order valence-electron chi connectivity index (χ2n) is 8.57. The lowest BCUT2D eigenvalue weighted by atomic mass is 10.00. The molecule has 0 aromatic rings. The molecule has 3 N–H and O–H groups in total. The first-order valence-electron chi connectivity index (χ1n) is 11.5. The molecule has 0 fully saturated rings. The number of hydrogen-bond donors (Lipinski definition) is 3. The fraction of sp³-hybridized carbons (Fsp3) is 0.909. The van der Waals surface area contributed by atoms with Gasteiger partial charge in [-0.05, 0) is 12.3 Å². The van der Waals surface area contributed by atoms with Crippen molar-refractivity contribution in [1.82, 2.24) is 5.32 Å². The Morgan fingerprint density at radius 2 is 1.21 bits per heavy atom. The van der Waals surface area contributed by atoms with Crippen LogP contribution in [-0.4, -0.2) is 33.7 Å². The number of ketones is 1. The molecule has 0 aromatic heterocycles. The van der Waals surface area contributed by atoms with Crippen molar-refractivity contribution >= 4 is 19.3 Å². The summed E-state index contributed by atoms with van der Waals surface area (Å²) in [5.74, 6) is -1.03. The first-order chi connectivity index (χ1) is 13.7. The molecule has 1 amide bonds. The normalized spacial score (nSPS) is 12.9. The van der Waals surface area contributed by atoms with Crippen molar-refractivity contribution in [2.24, 2.45) is 5.92 Å². The first kappa shape index (κ1) is 28.3. The van der Waals surface area contributed by atoms with E-state index in [-0.39, 0.29) is 11.8 Å². The summed E-state index contributed by atoms with van der Waals surface area (Å²) in [6.45, 7) is 5.76. The molecule has 0 rings (SSSR count). The third-order valence-corrected chi connectivity index (χ3v) is 5.92. The van der Waals surface area contributed by atoms with Gasteiger partial charge >= 0.3 is 7.60 Å². The van der Waals surface area contributed by atoms with E-state index in [1.807, 2.05) is 0 Å². The third kappa shape index (κ3) is 17.8. The molecule has 0 spiro atoms. The Morgan fingerprint density at radius 3 is 1.59 bits per heavy atom. The molecule has 6 nitrogen and oxygen atoms in total. The lowest BCUT2D eigenvalue weighted by Gasteiger charge is -2.21. The Bertz CT molecular complexity index is 490. The number of hydrogen-bond acceptors (Lipinski definition) is 3. The lowest BCUT2D eigenvalue weighted by molar-refractivity contribution is -0.127. The molecule has 0 saturated carbocycles. The highest BCUT2D eigenvalue weighted by atomic mass is 31.2. The van der Waals surface area contributed by atoms with Crippen LogP contribution in [0, 0.1) is 5.92 Å². The quantitative estimate of drug-likeness (QED) is 0.188.